The first kappa shape index (κ1) is 25.0. The minimum absolute atomic E-state index is 0.177. The van der Waals surface area contributed by atoms with Crippen molar-refractivity contribution < 1.29 is 14.6 Å². The molecule has 0 radical (unpaired) electrons. The van der Waals surface area contributed by atoms with E-state index >= 15 is 0 Å². The topological polar surface area (TPSA) is 132 Å². The summed E-state index contributed by atoms with van der Waals surface area (Å²) in [5.41, 5.74) is 8.97. The maximum Gasteiger partial charge on any atom is 0.320 e. The van der Waals surface area contributed by atoms with Gasteiger partial charge in [-0.25, -0.2) is 0 Å². The highest BCUT2D eigenvalue weighted by Gasteiger charge is 2.19. The Morgan fingerprint density at radius 2 is 2.03 bits per heavy atom. The Balaban J connectivity index is 1.45. The van der Waals surface area contributed by atoms with Crippen LogP contribution < -0.4 is 25.8 Å². The molecule has 0 unspecified atom stereocenters. The zero-order chi connectivity index (χ0) is 24.6. The minimum atomic E-state index is -0.179. The Morgan fingerprint density at radius 3 is 2.80 bits per heavy atom. The van der Waals surface area contributed by atoms with Crippen LogP contribution in [0.15, 0.2) is 18.2 Å². The number of aryl methyl sites for hydroxylation is 1. The number of nitrogens with two attached hydrogens (primary N) is 1. The second-order valence-corrected chi connectivity index (χ2v) is 8.99. The summed E-state index contributed by atoms with van der Waals surface area (Å²) in [5, 5.41) is 17.6. The number of nitrogen functional groups attached to an aromatic ring is 1. The van der Waals surface area contributed by atoms with Crippen LogP contribution in [0, 0.1) is 0 Å². The lowest BCUT2D eigenvalue weighted by atomic mass is 10.0. The maximum absolute atomic E-state index is 10.5. The van der Waals surface area contributed by atoms with Gasteiger partial charge in [-0.1, -0.05) is 25.5 Å². The summed E-state index contributed by atoms with van der Waals surface area (Å²) in [6.07, 6.45) is 6.32. The van der Waals surface area contributed by atoms with E-state index < -0.39 is 0 Å². The van der Waals surface area contributed by atoms with Crippen molar-refractivity contribution in [3.05, 3.63) is 29.3 Å². The van der Waals surface area contributed by atoms with Crippen LogP contribution in [0.5, 0.6) is 17.8 Å². The van der Waals surface area contributed by atoms with Gasteiger partial charge >= 0.3 is 6.01 Å². The number of aromatic hydroxyl groups is 1. The monoisotopic (exact) mass is 483 g/mol. The minimum Gasteiger partial charge on any atom is -0.496 e. The summed E-state index contributed by atoms with van der Waals surface area (Å²) < 4.78 is 12.9. The molecule has 2 aromatic heterocycles. The van der Waals surface area contributed by atoms with E-state index in [4.69, 9.17) is 15.2 Å². The number of unbranched alkanes of at least 4 members (excludes halogenated alkanes) is 1. The molecule has 0 saturated carbocycles. The number of rotatable bonds is 12. The highest BCUT2D eigenvalue weighted by Crippen LogP contribution is 2.29. The fraction of sp³-hybridized carbons (Fsp3) is 0.560. The lowest BCUT2D eigenvalue weighted by Crippen LogP contribution is -2.40. The molecule has 1 aromatic carbocycles. The third-order valence-electron chi connectivity index (χ3n) is 6.40. The van der Waals surface area contributed by atoms with Crippen molar-refractivity contribution in [2.24, 2.45) is 0 Å². The van der Waals surface area contributed by atoms with Crippen molar-refractivity contribution in [3.63, 3.8) is 0 Å². The number of hydrogen-bond acceptors (Lipinski definition) is 9. The van der Waals surface area contributed by atoms with Crippen molar-refractivity contribution in [1.82, 2.24) is 30.2 Å². The van der Waals surface area contributed by atoms with E-state index in [1.54, 1.807) is 11.7 Å². The van der Waals surface area contributed by atoms with Crippen LogP contribution in [-0.4, -0.2) is 64.0 Å². The summed E-state index contributed by atoms with van der Waals surface area (Å²) in [5.74, 6) is 0.937. The van der Waals surface area contributed by atoms with Crippen molar-refractivity contribution >= 4 is 17.0 Å². The fourth-order valence-corrected chi connectivity index (χ4v) is 4.38. The first-order chi connectivity index (χ1) is 17.1. The fourth-order valence-electron chi connectivity index (χ4n) is 4.38. The predicted molar refractivity (Wildman–Crippen MR) is 136 cm³/mol. The molecule has 1 aliphatic rings. The van der Waals surface area contributed by atoms with Gasteiger partial charge in [-0.2, -0.15) is 15.0 Å². The molecule has 3 aromatic rings. The number of hydrogen-bond donors (Lipinski definition) is 4. The van der Waals surface area contributed by atoms with E-state index in [0.717, 1.165) is 56.6 Å². The van der Waals surface area contributed by atoms with E-state index in [-0.39, 0.29) is 17.8 Å². The molecule has 1 fully saturated rings. The van der Waals surface area contributed by atoms with Crippen molar-refractivity contribution in [2.75, 3.05) is 39.1 Å². The lowest BCUT2D eigenvalue weighted by Gasteiger charge is -2.23. The summed E-state index contributed by atoms with van der Waals surface area (Å²) in [7, 11) is 1.66. The zero-order valence-corrected chi connectivity index (χ0v) is 20.7. The molecule has 0 bridgehead atoms. The Hall–Kier alpha value is -3.11. The Bertz CT molecular complexity index is 1110. The smallest absolute Gasteiger partial charge is 0.320 e. The quantitative estimate of drug-likeness (QED) is 0.287. The van der Waals surface area contributed by atoms with E-state index in [2.05, 4.69) is 44.6 Å². The summed E-state index contributed by atoms with van der Waals surface area (Å²) in [4.78, 5) is 12.8. The number of methoxy groups -OCH3 is 1. The molecule has 190 valence electrons. The number of nitrogens with zero attached hydrogens (tertiary/aromatic N) is 4. The average Bonchev–Trinajstić information content (AvgIpc) is 3.19. The number of piperidine rings is 1. The maximum atomic E-state index is 10.5. The molecular weight excluding hydrogens is 446 g/mol. The van der Waals surface area contributed by atoms with E-state index in [9.17, 15) is 5.11 Å². The van der Waals surface area contributed by atoms with E-state index in [1.807, 2.05) is 6.07 Å². The molecule has 0 aliphatic carbocycles. The van der Waals surface area contributed by atoms with Gasteiger partial charge in [0.25, 0.3) is 6.01 Å². The standard InChI is InChI=1S/C25H37N7O3/c1-3-4-14-35-24-30-22(26)21-23(31-24)32(25(33)29-21)16-18-8-7-17(15-20(18)34-2)6-5-11-28-19-9-12-27-13-10-19/h7-8,15,19,27-28H,3-6,9-14,16H2,1-2H3,(H,29,33)(H2,26,30,31). The van der Waals surface area contributed by atoms with Crippen LogP contribution in [0.1, 0.15) is 50.2 Å². The molecule has 0 spiro atoms. The van der Waals surface area contributed by atoms with Crippen molar-refractivity contribution in [3.8, 4) is 17.8 Å². The van der Waals surface area contributed by atoms with Crippen LogP contribution in [0.4, 0.5) is 5.82 Å². The molecule has 0 atom stereocenters. The van der Waals surface area contributed by atoms with Gasteiger partial charge in [-0.3, -0.25) is 4.57 Å². The number of anilines is 1. The second kappa shape index (κ2) is 12.0. The second-order valence-electron chi connectivity index (χ2n) is 8.99. The third kappa shape index (κ3) is 6.32. The Kier molecular flexibility index (Phi) is 8.59. The number of aromatic nitrogens is 4. The molecule has 3 heterocycles. The molecule has 35 heavy (non-hydrogen) atoms. The normalized spacial score (nSPS) is 14.5. The largest absolute Gasteiger partial charge is 0.496 e. The number of ether oxygens (including phenoxy) is 2. The molecule has 4 rings (SSSR count). The summed E-state index contributed by atoms with van der Waals surface area (Å²) in [6, 6.07) is 6.84. The molecule has 0 amide bonds. The van der Waals surface area contributed by atoms with Gasteiger partial charge in [0.2, 0.25) is 0 Å². The Morgan fingerprint density at radius 1 is 1.20 bits per heavy atom. The average molecular weight is 484 g/mol. The molecule has 1 saturated heterocycles. The first-order valence-corrected chi connectivity index (χ1v) is 12.5. The van der Waals surface area contributed by atoms with Gasteiger partial charge < -0.3 is 30.9 Å². The van der Waals surface area contributed by atoms with Crippen LogP contribution in [-0.2, 0) is 13.0 Å². The first-order valence-electron chi connectivity index (χ1n) is 12.5. The highest BCUT2D eigenvalue weighted by atomic mass is 16.5. The van der Waals surface area contributed by atoms with Gasteiger partial charge in [0.1, 0.15) is 5.75 Å². The summed E-state index contributed by atoms with van der Waals surface area (Å²) in [6.45, 7) is 6.12. The molecular formula is C25H37N7O3. The summed E-state index contributed by atoms with van der Waals surface area (Å²) >= 11 is 0. The number of fused-ring (bicyclic) bond motifs is 1. The van der Waals surface area contributed by atoms with Gasteiger partial charge in [0.05, 0.1) is 20.3 Å². The molecule has 1 aliphatic heterocycles. The van der Waals surface area contributed by atoms with Crippen molar-refractivity contribution in [2.45, 2.75) is 58.0 Å². The van der Waals surface area contributed by atoms with Gasteiger partial charge in [0.15, 0.2) is 17.0 Å². The van der Waals surface area contributed by atoms with Crippen LogP contribution in [0.25, 0.3) is 11.2 Å². The van der Waals surface area contributed by atoms with Crippen molar-refractivity contribution in [1.29, 1.82) is 0 Å². The third-order valence-corrected chi connectivity index (χ3v) is 6.40. The van der Waals surface area contributed by atoms with Crippen LogP contribution >= 0.6 is 0 Å². The van der Waals surface area contributed by atoms with Crippen LogP contribution in [0.2, 0.25) is 0 Å². The van der Waals surface area contributed by atoms with Gasteiger partial charge in [-0.05, 0) is 63.4 Å². The molecule has 10 nitrogen and oxygen atoms in total. The number of nitrogens with one attached hydrogen (secondary N) is 2. The van der Waals surface area contributed by atoms with Crippen LogP contribution in [0.3, 0.4) is 0 Å². The van der Waals surface area contributed by atoms with E-state index in [1.165, 1.54) is 18.4 Å². The number of imidazole rings is 1. The number of benzene rings is 1. The molecule has 10 heteroatoms. The zero-order valence-electron chi connectivity index (χ0n) is 20.7. The van der Waals surface area contributed by atoms with Gasteiger partial charge in [0, 0.05) is 11.6 Å². The molecule has 5 N–H and O–H groups in total. The predicted octanol–water partition coefficient (Wildman–Crippen LogP) is 2.62. The highest BCUT2D eigenvalue weighted by molar-refractivity contribution is 5.83. The van der Waals surface area contributed by atoms with Gasteiger partial charge in [-0.15, -0.1) is 0 Å². The Labute approximate surface area is 206 Å². The lowest BCUT2D eigenvalue weighted by molar-refractivity contribution is 0.286. The van der Waals surface area contributed by atoms with E-state index in [0.29, 0.717) is 30.4 Å². The SMILES string of the molecule is CCCCOc1nc(N)c2nc(O)n(Cc3ccc(CCCNC4CCNCC4)cc3OC)c2n1.